The Balaban J connectivity index is 1.38. The van der Waals surface area contributed by atoms with Crippen LogP contribution in [-0.2, 0) is 22.5 Å². The largest absolute Gasteiger partial charge is 0.481 e. The Hall–Kier alpha value is -3.11. The van der Waals surface area contributed by atoms with Crippen molar-refractivity contribution >= 4 is 23.3 Å². The molecule has 4 nitrogen and oxygen atoms in total. The molecule has 1 aliphatic rings. The predicted molar refractivity (Wildman–Crippen MR) is 146 cm³/mol. The first-order valence-corrected chi connectivity index (χ1v) is 13.0. The van der Waals surface area contributed by atoms with Gasteiger partial charge in [0, 0.05) is 10.9 Å². The lowest BCUT2D eigenvalue weighted by molar-refractivity contribution is -0.146. The summed E-state index contributed by atoms with van der Waals surface area (Å²) < 4.78 is 0. The number of carboxylic acid groups (broad SMARTS) is 1. The number of halogens is 1. The molecule has 1 aliphatic carbocycles. The number of hydrogen-bond donors (Lipinski definition) is 1. The second-order valence-corrected chi connectivity index (χ2v) is 10.6. The summed E-state index contributed by atoms with van der Waals surface area (Å²) in [4.78, 5) is 16.9. The Bertz CT molecular complexity index is 1230. The molecule has 0 saturated heterocycles. The Morgan fingerprint density at radius 2 is 1.75 bits per heavy atom. The molecule has 1 unspecified atom stereocenters. The molecule has 0 radical (unpaired) electrons. The number of aliphatic carboxylic acids is 1. The zero-order chi connectivity index (χ0) is 25.7. The molecular weight excluding hydrogens is 470 g/mol. The molecule has 1 N–H and O–H groups in total. The van der Waals surface area contributed by atoms with Gasteiger partial charge in [-0.15, -0.1) is 0 Å². The molecule has 3 aromatic rings. The lowest BCUT2D eigenvalue weighted by Crippen LogP contribution is -2.31. The molecule has 36 heavy (non-hydrogen) atoms. The van der Waals surface area contributed by atoms with Crippen LogP contribution in [0.4, 0.5) is 0 Å². The van der Waals surface area contributed by atoms with Crippen molar-refractivity contribution in [3.05, 3.63) is 105 Å². The van der Waals surface area contributed by atoms with Crippen LogP contribution in [-0.4, -0.2) is 23.4 Å². The SMILES string of the molecule is C/C(=N\OCC(Cc1ccc(C)c(C)c1)c1cccc(Cl)c1)c1ccc(CC2CC(C(=O)O)C2)cc1. The van der Waals surface area contributed by atoms with Crippen molar-refractivity contribution in [1.29, 1.82) is 0 Å². The van der Waals surface area contributed by atoms with Crippen LogP contribution in [0.2, 0.25) is 5.02 Å². The van der Waals surface area contributed by atoms with Crippen LogP contribution in [0.5, 0.6) is 0 Å². The van der Waals surface area contributed by atoms with Gasteiger partial charge in [0.1, 0.15) is 6.61 Å². The molecule has 1 fully saturated rings. The van der Waals surface area contributed by atoms with Crippen molar-refractivity contribution in [2.75, 3.05) is 6.61 Å². The van der Waals surface area contributed by atoms with Gasteiger partial charge in [0.25, 0.3) is 0 Å². The lowest BCUT2D eigenvalue weighted by atomic mass is 9.72. The summed E-state index contributed by atoms with van der Waals surface area (Å²) in [5.74, 6) is -0.232. The van der Waals surface area contributed by atoms with Gasteiger partial charge in [-0.2, -0.15) is 0 Å². The molecule has 188 valence electrons. The highest BCUT2D eigenvalue weighted by Gasteiger charge is 2.34. The van der Waals surface area contributed by atoms with Crippen LogP contribution in [0.3, 0.4) is 0 Å². The molecule has 0 amide bonds. The summed E-state index contributed by atoms with van der Waals surface area (Å²) >= 11 is 6.29. The van der Waals surface area contributed by atoms with Gasteiger partial charge >= 0.3 is 5.97 Å². The summed E-state index contributed by atoms with van der Waals surface area (Å²) in [5, 5.41) is 14.2. The van der Waals surface area contributed by atoms with Crippen LogP contribution in [0.15, 0.2) is 71.9 Å². The number of benzene rings is 3. The molecule has 3 aromatic carbocycles. The lowest BCUT2D eigenvalue weighted by Gasteiger charge is -2.32. The normalized spacial score (nSPS) is 18.4. The van der Waals surface area contributed by atoms with Crippen molar-refractivity contribution in [2.24, 2.45) is 17.0 Å². The maximum Gasteiger partial charge on any atom is 0.306 e. The van der Waals surface area contributed by atoms with E-state index in [1.807, 2.05) is 25.1 Å². The second-order valence-electron chi connectivity index (χ2n) is 10.1. The number of hydrogen-bond acceptors (Lipinski definition) is 3. The predicted octanol–water partition coefficient (Wildman–Crippen LogP) is 7.38. The fraction of sp³-hybridized carbons (Fsp3) is 0.355. The van der Waals surface area contributed by atoms with Crippen LogP contribution in [0.1, 0.15) is 59.1 Å². The third kappa shape index (κ3) is 6.76. The van der Waals surface area contributed by atoms with E-state index in [9.17, 15) is 4.79 Å². The quantitative estimate of drug-likeness (QED) is 0.232. The standard InChI is InChI=1S/C31H34ClNO3/c1-20-7-8-24(13-21(20)2)15-29(27-5-4-6-30(32)18-27)19-36-33-22(3)26-11-9-23(10-12-26)14-25-16-28(17-25)31(34)35/h4-13,18,25,28-29H,14-17,19H2,1-3H3,(H,34,35)/b33-22+. The van der Waals surface area contributed by atoms with Crippen molar-refractivity contribution in [2.45, 2.75) is 52.4 Å². The molecule has 0 aromatic heterocycles. The first-order chi connectivity index (χ1) is 17.3. The highest BCUT2D eigenvalue weighted by Crippen LogP contribution is 2.36. The monoisotopic (exact) mass is 503 g/mol. The third-order valence-corrected chi connectivity index (χ3v) is 7.57. The van der Waals surface area contributed by atoms with Crippen molar-refractivity contribution in [1.82, 2.24) is 0 Å². The van der Waals surface area contributed by atoms with Crippen LogP contribution < -0.4 is 0 Å². The van der Waals surface area contributed by atoms with Crippen molar-refractivity contribution < 1.29 is 14.7 Å². The molecule has 0 bridgehead atoms. The van der Waals surface area contributed by atoms with E-state index in [0.29, 0.717) is 12.5 Å². The molecule has 4 rings (SSSR count). The maximum absolute atomic E-state index is 11.0. The van der Waals surface area contributed by atoms with Crippen molar-refractivity contribution in [3.63, 3.8) is 0 Å². The molecule has 1 atom stereocenters. The minimum atomic E-state index is -0.667. The number of nitrogens with zero attached hydrogens (tertiary/aromatic N) is 1. The first kappa shape index (κ1) is 26.0. The number of oxime groups is 1. The Morgan fingerprint density at radius 1 is 1.03 bits per heavy atom. The van der Waals surface area contributed by atoms with E-state index in [4.69, 9.17) is 21.5 Å². The fourth-order valence-corrected chi connectivity index (χ4v) is 5.04. The van der Waals surface area contributed by atoms with E-state index in [0.717, 1.165) is 47.5 Å². The topological polar surface area (TPSA) is 58.9 Å². The average molecular weight is 504 g/mol. The highest BCUT2D eigenvalue weighted by molar-refractivity contribution is 6.30. The molecule has 5 heteroatoms. The van der Waals surface area contributed by atoms with Gasteiger partial charge in [0.15, 0.2) is 0 Å². The molecule has 1 saturated carbocycles. The summed E-state index contributed by atoms with van der Waals surface area (Å²) in [6.45, 7) is 6.68. The third-order valence-electron chi connectivity index (χ3n) is 7.33. The summed E-state index contributed by atoms with van der Waals surface area (Å²) in [6, 6.07) is 22.9. The first-order valence-electron chi connectivity index (χ1n) is 12.6. The molecule has 0 spiro atoms. The van der Waals surface area contributed by atoms with E-state index in [-0.39, 0.29) is 11.8 Å². The van der Waals surface area contributed by atoms with Gasteiger partial charge in [-0.3, -0.25) is 4.79 Å². The van der Waals surface area contributed by atoms with E-state index in [2.05, 4.69) is 67.5 Å². The number of carboxylic acids is 1. The Labute approximate surface area is 219 Å². The van der Waals surface area contributed by atoms with Crippen molar-refractivity contribution in [3.8, 4) is 0 Å². The zero-order valence-corrected chi connectivity index (χ0v) is 22.0. The summed E-state index contributed by atoms with van der Waals surface area (Å²) in [7, 11) is 0. The maximum atomic E-state index is 11.0. The highest BCUT2D eigenvalue weighted by atomic mass is 35.5. The van der Waals surface area contributed by atoms with Gasteiger partial charge in [-0.1, -0.05) is 71.4 Å². The van der Waals surface area contributed by atoms with E-state index >= 15 is 0 Å². The number of rotatable bonds is 10. The van der Waals surface area contributed by atoms with Crippen LogP contribution in [0.25, 0.3) is 0 Å². The van der Waals surface area contributed by atoms with Gasteiger partial charge in [-0.05, 0) is 97.9 Å². The number of aryl methyl sites for hydroxylation is 2. The van der Waals surface area contributed by atoms with E-state index in [1.54, 1.807) is 0 Å². The van der Waals surface area contributed by atoms with Gasteiger partial charge < -0.3 is 9.94 Å². The van der Waals surface area contributed by atoms with Gasteiger partial charge in [0.2, 0.25) is 0 Å². The van der Waals surface area contributed by atoms with E-state index < -0.39 is 5.97 Å². The second kappa shape index (κ2) is 11.7. The molecule has 0 heterocycles. The molecule has 0 aliphatic heterocycles. The fourth-order valence-electron chi connectivity index (χ4n) is 4.84. The number of carbonyl (C=O) groups is 1. The summed E-state index contributed by atoms with van der Waals surface area (Å²) in [6.07, 6.45) is 3.33. The smallest absolute Gasteiger partial charge is 0.306 e. The van der Waals surface area contributed by atoms with E-state index in [1.165, 1.54) is 22.3 Å². The Kier molecular flexibility index (Phi) is 8.48. The van der Waals surface area contributed by atoms with Gasteiger partial charge in [-0.25, -0.2) is 0 Å². The zero-order valence-electron chi connectivity index (χ0n) is 21.2. The molecular formula is C31H34ClNO3. The minimum Gasteiger partial charge on any atom is -0.481 e. The van der Waals surface area contributed by atoms with Crippen LogP contribution in [0, 0.1) is 25.7 Å². The Morgan fingerprint density at radius 3 is 2.42 bits per heavy atom. The average Bonchev–Trinajstić information content (AvgIpc) is 2.82. The minimum absolute atomic E-state index is 0.127. The van der Waals surface area contributed by atoms with Gasteiger partial charge in [0.05, 0.1) is 11.6 Å². The summed E-state index contributed by atoms with van der Waals surface area (Å²) in [5.41, 5.74) is 8.06. The van der Waals surface area contributed by atoms with Crippen LogP contribution >= 0.6 is 11.6 Å².